The summed E-state index contributed by atoms with van der Waals surface area (Å²) in [6.07, 6.45) is 1.66. The van der Waals surface area contributed by atoms with E-state index in [0.717, 1.165) is 27.8 Å². The maximum atomic E-state index is 12.1. The number of benzene rings is 2. The molecule has 3 rings (SSSR count). The Kier molecular flexibility index (Phi) is 6.05. The summed E-state index contributed by atoms with van der Waals surface area (Å²) in [5.41, 5.74) is 5.29. The van der Waals surface area contributed by atoms with Gasteiger partial charge >= 0.3 is 5.97 Å². The standard InChI is InChI=1S/C21H24O6S/c1-14-10-16(27-8-5-9-28(3,23)24)11-15-12-26-13-19-17(20(14)15)6-4-7-18(19)21(22)25-2/h4,6-7,10-11H,5,8-9,12-13H2,1-3H3. The van der Waals surface area contributed by atoms with E-state index in [9.17, 15) is 13.2 Å². The summed E-state index contributed by atoms with van der Waals surface area (Å²) in [4.78, 5) is 12.1. The SMILES string of the molecule is COC(=O)c1cccc2c1COCc1cc(OCCCS(C)(=O)=O)cc(C)c1-2. The van der Waals surface area contributed by atoms with E-state index in [1.54, 1.807) is 6.07 Å². The number of hydrogen-bond acceptors (Lipinski definition) is 6. The summed E-state index contributed by atoms with van der Waals surface area (Å²) in [6.45, 7) is 3.03. The van der Waals surface area contributed by atoms with Gasteiger partial charge in [0.15, 0.2) is 0 Å². The third-order valence-electron chi connectivity index (χ3n) is 4.67. The largest absolute Gasteiger partial charge is 0.494 e. The number of ether oxygens (including phenoxy) is 3. The van der Waals surface area contributed by atoms with Gasteiger partial charge in [-0.3, -0.25) is 0 Å². The molecule has 0 unspecified atom stereocenters. The van der Waals surface area contributed by atoms with Gasteiger partial charge in [0.25, 0.3) is 0 Å². The summed E-state index contributed by atoms with van der Waals surface area (Å²) in [7, 11) is -1.62. The molecule has 2 aromatic rings. The fraction of sp³-hybridized carbons (Fsp3) is 0.381. The Balaban J connectivity index is 1.91. The van der Waals surface area contributed by atoms with E-state index >= 15 is 0 Å². The van der Waals surface area contributed by atoms with Crippen molar-refractivity contribution in [3.8, 4) is 16.9 Å². The lowest BCUT2D eigenvalue weighted by Gasteiger charge is -2.16. The molecule has 1 heterocycles. The van der Waals surface area contributed by atoms with Crippen LogP contribution in [0.5, 0.6) is 5.75 Å². The molecule has 0 N–H and O–H groups in total. The Hall–Kier alpha value is -2.38. The molecule has 1 aliphatic rings. The first-order chi connectivity index (χ1) is 13.3. The highest BCUT2D eigenvalue weighted by molar-refractivity contribution is 7.90. The third kappa shape index (κ3) is 4.54. The predicted molar refractivity (Wildman–Crippen MR) is 106 cm³/mol. The number of methoxy groups -OCH3 is 1. The van der Waals surface area contributed by atoms with Gasteiger partial charge in [0.1, 0.15) is 15.6 Å². The highest BCUT2D eigenvalue weighted by atomic mass is 32.2. The van der Waals surface area contributed by atoms with Gasteiger partial charge < -0.3 is 14.2 Å². The second-order valence-electron chi connectivity index (χ2n) is 6.92. The van der Waals surface area contributed by atoms with Crippen LogP contribution in [0.25, 0.3) is 11.1 Å². The van der Waals surface area contributed by atoms with Crippen LogP contribution in [0.15, 0.2) is 30.3 Å². The van der Waals surface area contributed by atoms with Crippen molar-refractivity contribution in [3.63, 3.8) is 0 Å². The average molecular weight is 404 g/mol. The molecule has 150 valence electrons. The molecule has 0 saturated carbocycles. The maximum absolute atomic E-state index is 12.1. The molecule has 0 spiro atoms. The zero-order chi connectivity index (χ0) is 20.3. The van der Waals surface area contributed by atoms with Crippen molar-refractivity contribution in [2.45, 2.75) is 26.6 Å². The van der Waals surface area contributed by atoms with E-state index in [1.807, 2.05) is 31.2 Å². The second-order valence-corrected chi connectivity index (χ2v) is 9.18. The molecular weight excluding hydrogens is 380 g/mol. The van der Waals surface area contributed by atoms with E-state index in [1.165, 1.54) is 13.4 Å². The quantitative estimate of drug-likeness (QED) is 0.543. The minimum Gasteiger partial charge on any atom is -0.494 e. The van der Waals surface area contributed by atoms with E-state index in [2.05, 4.69) is 0 Å². The summed E-state index contributed by atoms with van der Waals surface area (Å²) in [5.74, 6) is 0.400. The van der Waals surface area contributed by atoms with Crippen molar-refractivity contribution < 1.29 is 27.4 Å². The number of fused-ring (bicyclic) bond motifs is 3. The van der Waals surface area contributed by atoms with Crippen molar-refractivity contribution >= 4 is 15.8 Å². The number of carbonyl (C=O) groups is 1. The van der Waals surface area contributed by atoms with Gasteiger partial charge in [-0.15, -0.1) is 0 Å². The maximum Gasteiger partial charge on any atom is 0.338 e. The Bertz CT molecular complexity index is 994. The van der Waals surface area contributed by atoms with Crippen molar-refractivity contribution in [1.82, 2.24) is 0 Å². The van der Waals surface area contributed by atoms with Gasteiger partial charge in [0, 0.05) is 11.8 Å². The highest BCUT2D eigenvalue weighted by Gasteiger charge is 2.23. The van der Waals surface area contributed by atoms with Crippen molar-refractivity contribution in [2.75, 3.05) is 25.7 Å². The smallest absolute Gasteiger partial charge is 0.338 e. The first-order valence-corrected chi connectivity index (χ1v) is 11.1. The van der Waals surface area contributed by atoms with Gasteiger partial charge in [-0.1, -0.05) is 12.1 Å². The van der Waals surface area contributed by atoms with Crippen LogP contribution in [0.2, 0.25) is 0 Å². The average Bonchev–Trinajstić information content (AvgIpc) is 2.83. The lowest BCUT2D eigenvalue weighted by Crippen LogP contribution is -2.08. The normalized spacial score (nSPS) is 13.2. The van der Waals surface area contributed by atoms with Crippen LogP contribution in [0.3, 0.4) is 0 Å². The zero-order valence-electron chi connectivity index (χ0n) is 16.3. The second kappa shape index (κ2) is 8.32. The number of sulfone groups is 1. The molecule has 0 bridgehead atoms. The van der Waals surface area contributed by atoms with Crippen molar-refractivity contribution in [1.29, 1.82) is 0 Å². The summed E-state index contributed by atoms with van der Waals surface area (Å²) in [5, 5.41) is 0. The Morgan fingerprint density at radius 3 is 2.71 bits per heavy atom. The zero-order valence-corrected chi connectivity index (χ0v) is 17.1. The minimum atomic E-state index is -2.99. The van der Waals surface area contributed by atoms with Gasteiger partial charge in [-0.2, -0.15) is 0 Å². The van der Waals surface area contributed by atoms with E-state index in [0.29, 0.717) is 37.6 Å². The Morgan fingerprint density at radius 2 is 2.00 bits per heavy atom. The first-order valence-electron chi connectivity index (χ1n) is 9.02. The van der Waals surface area contributed by atoms with Crippen molar-refractivity contribution in [3.05, 3.63) is 52.6 Å². The van der Waals surface area contributed by atoms with Crippen LogP contribution in [0.4, 0.5) is 0 Å². The molecular formula is C21H24O6S. The summed E-state index contributed by atoms with van der Waals surface area (Å²) >= 11 is 0. The summed E-state index contributed by atoms with van der Waals surface area (Å²) in [6, 6.07) is 9.42. The Labute approximate surface area is 165 Å². The first kappa shape index (κ1) is 20.4. The molecule has 0 fully saturated rings. The number of hydrogen-bond donors (Lipinski definition) is 0. The molecule has 0 radical (unpaired) electrons. The number of rotatable bonds is 6. The molecule has 1 aliphatic heterocycles. The molecule has 6 nitrogen and oxygen atoms in total. The van der Waals surface area contributed by atoms with Crippen LogP contribution in [0, 0.1) is 6.92 Å². The molecule has 0 saturated heterocycles. The molecule has 0 atom stereocenters. The van der Waals surface area contributed by atoms with Gasteiger partial charge in [-0.25, -0.2) is 13.2 Å². The van der Waals surface area contributed by atoms with E-state index in [-0.39, 0.29) is 11.7 Å². The molecule has 0 amide bonds. The fourth-order valence-electron chi connectivity index (χ4n) is 3.46. The van der Waals surface area contributed by atoms with Crippen molar-refractivity contribution in [2.24, 2.45) is 0 Å². The predicted octanol–water partition coefficient (Wildman–Crippen LogP) is 3.29. The molecule has 7 heteroatoms. The summed E-state index contributed by atoms with van der Waals surface area (Å²) < 4.78 is 39.0. The number of carbonyl (C=O) groups excluding carboxylic acids is 1. The highest BCUT2D eigenvalue weighted by Crippen LogP contribution is 2.38. The molecule has 2 aromatic carbocycles. The Morgan fingerprint density at radius 1 is 1.21 bits per heavy atom. The lowest BCUT2D eigenvalue weighted by atomic mass is 9.90. The van der Waals surface area contributed by atoms with Gasteiger partial charge in [0.2, 0.25) is 0 Å². The molecule has 0 aromatic heterocycles. The van der Waals surface area contributed by atoms with Crippen LogP contribution in [-0.2, 0) is 32.5 Å². The molecule has 28 heavy (non-hydrogen) atoms. The minimum absolute atomic E-state index is 0.101. The van der Waals surface area contributed by atoms with E-state index < -0.39 is 9.84 Å². The third-order valence-corrected chi connectivity index (χ3v) is 5.70. The number of aryl methyl sites for hydroxylation is 1. The van der Waals surface area contributed by atoms with Crippen LogP contribution >= 0.6 is 0 Å². The number of esters is 1. The van der Waals surface area contributed by atoms with Gasteiger partial charge in [0.05, 0.1) is 38.2 Å². The topological polar surface area (TPSA) is 78.9 Å². The van der Waals surface area contributed by atoms with Crippen LogP contribution in [0.1, 0.15) is 33.5 Å². The molecule has 0 aliphatic carbocycles. The van der Waals surface area contributed by atoms with Crippen LogP contribution < -0.4 is 4.74 Å². The van der Waals surface area contributed by atoms with Gasteiger partial charge in [-0.05, 0) is 53.8 Å². The lowest BCUT2D eigenvalue weighted by molar-refractivity contribution is 0.0591. The fourth-order valence-corrected chi connectivity index (χ4v) is 4.10. The monoisotopic (exact) mass is 404 g/mol. The van der Waals surface area contributed by atoms with E-state index in [4.69, 9.17) is 14.2 Å². The van der Waals surface area contributed by atoms with Crippen LogP contribution in [-0.4, -0.2) is 40.1 Å².